The third-order valence-electron chi connectivity index (χ3n) is 4.49. The van der Waals surface area contributed by atoms with E-state index in [1.165, 1.54) is 0 Å². The summed E-state index contributed by atoms with van der Waals surface area (Å²) in [6.45, 7) is 3.94. The Kier molecular flexibility index (Phi) is 4.43. The fraction of sp³-hybridized carbons (Fsp3) is 0.529. The Hall–Kier alpha value is -1.88. The zero-order valence-electron chi connectivity index (χ0n) is 12.9. The van der Waals surface area contributed by atoms with Crippen molar-refractivity contribution in [1.82, 2.24) is 10.6 Å². The number of benzene rings is 1. The van der Waals surface area contributed by atoms with Crippen LogP contribution >= 0.6 is 0 Å². The van der Waals surface area contributed by atoms with Gasteiger partial charge in [0.25, 0.3) is 5.91 Å². The number of amides is 2. The molecular weight excluding hydrogens is 278 g/mol. The number of anilines is 1. The van der Waals surface area contributed by atoms with Crippen LogP contribution in [0.2, 0.25) is 0 Å². The molecule has 1 saturated carbocycles. The van der Waals surface area contributed by atoms with E-state index in [0.717, 1.165) is 38.0 Å². The molecule has 118 valence electrons. The van der Waals surface area contributed by atoms with Crippen molar-refractivity contribution >= 4 is 17.5 Å². The van der Waals surface area contributed by atoms with Gasteiger partial charge >= 0.3 is 0 Å². The monoisotopic (exact) mass is 301 g/mol. The Labute approximate surface area is 130 Å². The molecule has 1 aliphatic carbocycles. The zero-order chi connectivity index (χ0) is 15.5. The van der Waals surface area contributed by atoms with Gasteiger partial charge in [0.1, 0.15) is 0 Å². The van der Waals surface area contributed by atoms with Crippen LogP contribution in [0.5, 0.6) is 0 Å². The van der Waals surface area contributed by atoms with E-state index in [9.17, 15) is 9.59 Å². The lowest BCUT2D eigenvalue weighted by Crippen LogP contribution is -2.45. The van der Waals surface area contributed by atoms with Gasteiger partial charge in [-0.05, 0) is 56.0 Å². The van der Waals surface area contributed by atoms with E-state index in [1.54, 1.807) is 24.3 Å². The van der Waals surface area contributed by atoms with E-state index >= 15 is 0 Å². The molecule has 5 nitrogen and oxygen atoms in total. The highest BCUT2D eigenvalue weighted by Gasteiger charge is 2.39. The second-order valence-electron chi connectivity index (χ2n) is 6.40. The summed E-state index contributed by atoms with van der Waals surface area (Å²) in [4.78, 5) is 24.1. The molecule has 0 aromatic heterocycles. The van der Waals surface area contributed by atoms with E-state index in [-0.39, 0.29) is 23.8 Å². The Morgan fingerprint density at radius 2 is 1.95 bits per heavy atom. The summed E-state index contributed by atoms with van der Waals surface area (Å²) in [5.74, 6) is 0.677. The lowest BCUT2D eigenvalue weighted by Gasteiger charge is -2.23. The average Bonchev–Trinajstić information content (AvgIpc) is 3.26. The van der Waals surface area contributed by atoms with Crippen molar-refractivity contribution in [1.29, 1.82) is 0 Å². The summed E-state index contributed by atoms with van der Waals surface area (Å²) in [7, 11) is 0. The second kappa shape index (κ2) is 6.48. The molecule has 1 aromatic rings. The van der Waals surface area contributed by atoms with Crippen molar-refractivity contribution in [2.45, 2.75) is 32.2 Å². The quantitative estimate of drug-likeness (QED) is 0.793. The highest BCUT2D eigenvalue weighted by Crippen LogP contribution is 2.38. The minimum atomic E-state index is -0.0533. The molecule has 2 amide bonds. The van der Waals surface area contributed by atoms with E-state index in [4.69, 9.17) is 0 Å². The number of carbonyl (C=O) groups excluding carboxylic acids is 2. The molecular formula is C17H23N3O2. The summed E-state index contributed by atoms with van der Waals surface area (Å²) in [6, 6.07) is 7.31. The fourth-order valence-electron chi connectivity index (χ4n) is 2.87. The van der Waals surface area contributed by atoms with Crippen molar-refractivity contribution < 1.29 is 9.59 Å². The third-order valence-corrected chi connectivity index (χ3v) is 4.49. The van der Waals surface area contributed by atoms with Crippen molar-refractivity contribution in [2.24, 2.45) is 11.8 Å². The van der Waals surface area contributed by atoms with Crippen LogP contribution < -0.4 is 16.0 Å². The van der Waals surface area contributed by atoms with E-state index in [0.29, 0.717) is 11.5 Å². The summed E-state index contributed by atoms with van der Waals surface area (Å²) in [5.41, 5.74) is 1.38. The number of piperidine rings is 1. The Morgan fingerprint density at radius 3 is 2.55 bits per heavy atom. The number of rotatable bonds is 4. The van der Waals surface area contributed by atoms with Crippen LogP contribution in [0.3, 0.4) is 0 Å². The maximum absolute atomic E-state index is 12.2. The van der Waals surface area contributed by atoms with Gasteiger partial charge < -0.3 is 16.0 Å². The molecule has 0 spiro atoms. The molecule has 3 unspecified atom stereocenters. The van der Waals surface area contributed by atoms with Gasteiger partial charge in [0, 0.05) is 29.8 Å². The predicted octanol–water partition coefficient (Wildman–Crippen LogP) is 1.76. The maximum atomic E-state index is 12.2. The van der Waals surface area contributed by atoms with Crippen LogP contribution in [-0.4, -0.2) is 30.9 Å². The standard InChI is InChI=1S/C17H23N3O2/c1-11-9-15(11)17(22)19-13-6-4-12(5-7-13)16(21)20-14-3-2-8-18-10-14/h4-7,11,14-15,18H,2-3,8-10H2,1H3,(H,19,22)(H,20,21). The van der Waals surface area contributed by atoms with Crippen LogP contribution in [0.4, 0.5) is 5.69 Å². The minimum absolute atomic E-state index is 0.0533. The molecule has 1 heterocycles. The molecule has 3 rings (SSSR count). The van der Waals surface area contributed by atoms with Gasteiger partial charge in [-0.2, -0.15) is 0 Å². The molecule has 22 heavy (non-hydrogen) atoms. The Balaban J connectivity index is 1.54. The zero-order valence-corrected chi connectivity index (χ0v) is 12.9. The van der Waals surface area contributed by atoms with Crippen LogP contribution in [0.1, 0.15) is 36.5 Å². The number of hydrogen-bond donors (Lipinski definition) is 3. The molecule has 0 bridgehead atoms. The largest absolute Gasteiger partial charge is 0.348 e. The lowest BCUT2D eigenvalue weighted by molar-refractivity contribution is -0.117. The van der Waals surface area contributed by atoms with Gasteiger partial charge in [-0.1, -0.05) is 6.92 Å². The van der Waals surface area contributed by atoms with Gasteiger partial charge in [0.05, 0.1) is 0 Å². The van der Waals surface area contributed by atoms with E-state index < -0.39 is 0 Å². The molecule has 1 aromatic carbocycles. The van der Waals surface area contributed by atoms with E-state index in [1.807, 2.05) is 0 Å². The minimum Gasteiger partial charge on any atom is -0.348 e. The molecule has 2 aliphatic rings. The van der Waals surface area contributed by atoms with E-state index in [2.05, 4.69) is 22.9 Å². The molecule has 2 fully saturated rings. The number of hydrogen-bond acceptors (Lipinski definition) is 3. The first-order valence-electron chi connectivity index (χ1n) is 8.06. The maximum Gasteiger partial charge on any atom is 0.251 e. The van der Waals surface area contributed by atoms with Gasteiger partial charge in [-0.25, -0.2) is 0 Å². The topological polar surface area (TPSA) is 70.2 Å². The first-order valence-corrected chi connectivity index (χ1v) is 8.06. The smallest absolute Gasteiger partial charge is 0.251 e. The summed E-state index contributed by atoms with van der Waals surface area (Å²) in [5, 5.41) is 9.22. The molecule has 5 heteroatoms. The van der Waals surface area contributed by atoms with Crippen molar-refractivity contribution in [3.8, 4) is 0 Å². The fourth-order valence-corrected chi connectivity index (χ4v) is 2.87. The predicted molar refractivity (Wildman–Crippen MR) is 85.7 cm³/mol. The first-order chi connectivity index (χ1) is 10.6. The average molecular weight is 301 g/mol. The summed E-state index contributed by atoms with van der Waals surface area (Å²) >= 11 is 0. The van der Waals surface area contributed by atoms with Gasteiger partial charge in [-0.3, -0.25) is 9.59 Å². The Morgan fingerprint density at radius 1 is 1.23 bits per heavy atom. The van der Waals surface area contributed by atoms with Crippen LogP contribution in [0.25, 0.3) is 0 Å². The van der Waals surface area contributed by atoms with Crippen LogP contribution in [-0.2, 0) is 4.79 Å². The highest BCUT2D eigenvalue weighted by atomic mass is 16.2. The SMILES string of the molecule is CC1CC1C(=O)Nc1ccc(C(=O)NC2CCCNC2)cc1. The lowest BCUT2D eigenvalue weighted by atomic mass is 10.1. The molecule has 1 aliphatic heterocycles. The van der Waals surface area contributed by atoms with Crippen molar-refractivity contribution in [3.63, 3.8) is 0 Å². The molecule has 3 N–H and O–H groups in total. The van der Waals surface area contributed by atoms with Crippen molar-refractivity contribution in [2.75, 3.05) is 18.4 Å². The molecule has 0 radical (unpaired) electrons. The van der Waals surface area contributed by atoms with Gasteiger partial charge in [0.2, 0.25) is 5.91 Å². The summed E-state index contributed by atoms with van der Waals surface area (Å²) in [6.07, 6.45) is 3.09. The summed E-state index contributed by atoms with van der Waals surface area (Å²) < 4.78 is 0. The van der Waals surface area contributed by atoms with Crippen LogP contribution in [0.15, 0.2) is 24.3 Å². The van der Waals surface area contributed by atoms with Crippen molar-refractivity contribution in [3.05, 3.63) is 29.8 Å². The Bertz CT molecular complexity index is 550. The van der Waals surface area contributed by atoms with Crippen LogP contribution in [0, 0.1) is 11.8 Å². The number of carbonyl (C=O) groups is 2. The highest BCUT2D eigenvalue weighted by molar-refractivity contribution is 5.97. The van der Waals surface area contributed by atoms with Gasteiger partial charge in [-0.15, -0.1) is 0 Å². The van der Waals surface area contributed by atoms with Gasteiger partial charge in [0.15, 0.2) is 0 Å². The second-order valence-corrected chi connectivity index (χ2v) is 6.40. The first kappa shape index (κ1) is 15.0. The molecule has 3 atom stereocenters. The molecule has 1 saturated heterocycles. The normalized spacial score (nSPS) is 27.0. The third kappa shape index (κ3) is 3.65. The number of nitrogens with one attached hydrogen (secondary N) is 3.